The molecule has 2 aromatic rings. The highest BCUT2D eigenvalue weighted by Gasteiger charge is 2.17. The first-order valence-corrected chi connectivity index (χ1v) is 7.91. The van der Waals surface area contributed by atoms with Gasteiger partial charge in [0.2, 0.25) is 0 Å². The van der Waals surface area contributed by atoms with Gasteiger partial charge < -0.3 is 9.47 Å². The van der Waals surface area contributed by atoms with Crippen LogP contribution in [0.25, 0.3) is 11.0 Å². The summed E-state index contributed by atoms with van der Waals surface area (Å²) >= 11 is 0. The van der Waals surface area contributed by atoms with E-state index in [1.54, 1.807) is 0 Å². The van der Waals surface area contributed by atoms with Gasteiger partial charge in [0.1, 0.15) is 5.82 Å². The molecule has 0 radical (unpaired) electrons. The molecule has 1 aliphatic rings. The number of rotatable bonds is 4. The fourth-order valence-corrected chi connectivity index (χ4v) is 3.40. The van der Waals surface area contributed by atoms with Crippen molar-refractivity contribution in [2.24, 2.45) is 0 Å². The highest BCUT2D eigenvalue weighted by molar-refractivity contribution is 5.75. The van der Waals surface area contributed by atoms with Gasteiger partial charge in [0, 0.05) is 19.1 Å². The van der Waals surface area contributed by atoms with Gasteiger partial charge in [0.25, 0.3) is 0 Å². The van der Waals surface area contributed by atoms with Gasteiger partial charge in [-0.3, -0.25) is 0 Å². The quantitative estimate of drug-likeness (QED) is 0.847. The summed E-state index contributed by atoms with van der Waals surface area (Å²) in [6, 6.07) is 9.22. The molecule has 20 heavy (non-hydrogen) atoms. The van der Waals surface area contributed by atoms with Crippen LogP contribution in [0.3, 0.4) is 0 Å². The Labute approximate surface area is 121 Å². The molecule has 3 nitrogen and oxygen atoms in total. The second-order valence-corrected chi connectivity index (χ2v) is 6.03. The first-order valence-electron chi connectivity index (χ1n) is 7.91. The van der Waals surface area contributed by atoms with Gasteiger partial charge >= 0.3 is 0 Å². The van der Waals surface area contributed by atoms with E-state index in [-0.39, 0.29) is 0 Å². The lowest BCUT2D eigenvalue weighted by atomic mass is 10.0. The van der Waals surface area contributed by atoms with Crippen molar-refractivity contribution in [3.05, 3.63) is 30.1 Å². The fourth-order valence-electron chi connectivity index (χ4n) is 3.40. The number of likely N-dealkylation sites (tertiary alicyclic amines) is 1. The van der Waals surface area contributed by atoms with E-state index in [2.05, 4.69) is 52.6 Å². The van der Waals surface area contributed by atoms with Crippen LogP contribution < -0.4 is 0 Å². The molecule has 0 N–H and O–H groups in total. The van der Waals surface area contributed by atoms with Crippen molar-refractivity contribution in [3.63, 3.8) is 0 Å². The number of imidazole rings is 1. The van der Waals surface area contributed by atoms with Crippen molar-refractivity contribution in [1.29, 1.82) is 0 Å². The average molecular weight is 271 g/mol. The Hall–Kier alpha value is -1.35. The van der Waals surface area contributed by atoms with Crippen LogP contribution >= 0.6 is 0 Å². The lowest BCUT2D eigenvalue weighted by molar-refractivity contribution is 0.157. The first-order chi connectivity index (χ1) is 9.75. The SMILES string of the molecule is Cc1nc2ccccc2n1CCCN1CCCC[C@H]1C. The van der Waals surface area contributed by atoms with E-state index >= 15 is 0 Å². The minimum absolute atomic E-state index is 0.768. The molecule has 2 heterocycles. The van der Waals surface area contributed by atoms with Crippen molar-refractivity contribution in [2.45, 2.75) is 52.1 Å². The van der Waals surface area contributed by atoms with Crippen LogP contribution in [-0.2, 0) is 6.54 Å². The number of benzene rings is 1. The van der Waals surface area contributed by atoms with E-state index in [0.717, 1.165) is 23.9 Å². The summed E-state index contributed by atoms with van der Waals surface area (Å²) in [7, 11) is 0. The lowest BCUT2D eigenvalue weighted by Crippen LogP contribution is -2.38. The van der Waals surface area contributed by atoms with Crippen LogP contribution in [-0.4, -0.2) is 33.6 Å². The Morgan fingerprint density at radius 2 is 2.05 bits per heavy atom. The molecule has 0 amide bonds. The van der Waals surface area contributed by atoms with E-state index < -0.39 is 0 Å². The van der Waals surface area contributed by atoms with Crippen molar-refractivity contribution < 1.29 is 0 Å². The summed E-state index contributed by atoms with van der Waals surface area (Å²) in [6.45, 7) is 8.06. The summed E-state index contributed by atoms with van der Waals surface area (Å²) in [5, 5.41) is 0. The Morgan fingerprint density at radius 1 is 1.20 bits per heavy atom. The highest BCUT2D eigenvalue weighted by Crippen LogP contribution is 2.18. The molecule has 1 fully saturated rings. The fraction of sp³-hybridized carbons (Fsp3) is 0.588. The number of piperidine rings is 1. The number of aryl methyl sites for hydroxylation is 2. The third-order valence-electron chi connectivity index (χ3n) is 4.61. The molecule has 3 heteroatoms. The van der Waals surface area contributed by atoms with Gasteiger partial charge in [-0.2, -0.15) is 0 Å². The third-order valence-corrected chi connectivity index (χ3v) is 4.61. The Bertz CT molecular complexity index is 573. The maximum atomic E-state index is 4.64. The van der Waals surface area contributed by atoms with Crippen molar-refractivity contribution in [1.82, 2.24) is 14.5 Å². The molecule has 0 aliphatic carbocycles. The zero-order valence-electron chi connectivity index (χ0n) is 12.7. The molecule has 1 aliphatic heterocycles. The van der Waals surface area contributed by atoms with Crippen LogP contribution in [0.5, 0.6) is 0 Å². The van der Waals surface area contributed by atoms with Crippen molar-refractivity contribution in [3.8, 4) is 0 Å². The Morgan fingerprint density at radius 3 is 2.90 bits per heavy atom. The molecule has 0 bridgehead atoms. The average Bonchev–Trinajstić information content (AvgIpc) is 2.77. The molecular formula is C17H25N3. The van der Waals surface area contributed by atoms with Gasteiger partial charge in [-0.1, -0.05) is 18.6 Å². The number of aromatic nitrogens is 2. The summed E-state index contributed by atoms with van der Waals surface area (Å²) in [5.41, 5.74) is 2.40. The van der Waals surface area contributed by atoms with E-state index in [9.17, 15) is 0 Å². The summed E-state index contributed by atoms with van der Waals surface area (Å²) < 4.78 is 2.37. The summed E-state index contributed by atoms with van der Waals surface area (Å²) in [4.78, 5) is 7.29. The molecule has 1 atom stereocenters. The maximum absolute atomic E-state index is 4.64. The predicted molar refractivity (Wildman–Crippen MR) is 84.0 cm³/mol. The zero-order valence-corrected chi connectivity index (χ0v) is 12.7. The molecule has 0 saturated carbocycles. The number of hydrogen-bond donors (Lipinski definition) is 0. The largest absolute Gasteiger partial charge is 0.328 e. The number of fused-ring (bicyclic) bond motifs is 1. The minimum Gasteiger partial charge on any atom is -0.328 e. The molecule has 108 valence electrons. The van der Waals surface area contributed by atoms with Crippen LogP contribution in [0, 0.1) is 6.92 Å². The summed E-state index contributed by atoms with van der Waals surface area (Å²) in [6.07, 6.45) is 5.36. The van der Waals surface area contributed by atoms with Gasteiger partial charge in [-0.15, -0.1) is 0 Å². The molecule has 1 saturated heterocycles. The van der Waals surface area contributed by atoms with Crippen molar-refractivity contribution in [2.75, 3.05) is 13.1 Å². The second-order valence-electron chi connectivity index (χ2n) is 6.03. The normalized spacial score (nSPS) is 20.6. The molecule has 0 spiro atoms. The predicted octanol–water partition coefficient (Wildman–Crippen LogP) is 3.61. The zero-order chi connectivity index (χ0) is 13.9. The Kier molecular flexibility index (Phi) is 4.06. The number of hydrogen-bond acceptors (Lipinski definition) is 2. The second kappa shape index (κ2) is 5.96. The topological polar surface area (TPSA) is 21.1 Å². The van der Waals surface area contributed by atoms with Crippen LogP contribution in [0.2, 0.25) is 0 Å². The highest BCUT2D eigenvalue weighted by atomic mass is 15.2. The van der Waals surface area contributed by atoms with Crippen LogP contribution in [0.15, 0.2) is 24.3 Å². The molecule has 1 aromatic heterocycles. The van der Waals surface area contributed by atoms with Gasteiger partial charge in [-0.25, -0.2) is 4.98 Å². The van der Waals surface area contributed by atoms with Gasteiger partial charge in [0.05, 0.1) is 11.0 Å². The Balaban J connectivity index is 1.63. The minimum atomic E-state index is 0.768. The van der Waals surface area contributed by atoms with Gasteiger partial charge in [-0.05, 0) is 51.8 Å². The first kappa shape index (κ1) is 13.6. The number of para-hydroxylation sites is 2. The monoisotopic (exact) mass is 271 g/mol. The molecule has 0 unspecified atom stereocenters. The van der Waals surface area contributed by atoms with E-state index in [4.69, 9.17) is 0 Å². The van der Waals surface area contributed by atoms with E-state index in [1.807, 2.05) is 0 Å². The van der Waals surface area contributed by atoms with E-state index in [1.165, 1.54) is 44.3 Å². The van der Waals surface area contributed by atoms with Crippen molar-refractivity contribution >= 4 is 11.0 Å². The molecule has 1 aromatic carbocycles. The van der Waals surface area contributed by atoms with Crippen LogP contribution in [0.1, 0.15) is 38.4 Å². The van der Waals surface area contributed by atoms with Crippen LogP contribution in [0.4, 0.5) is 0 Å². The third kappa shape index (κ3) is 2.73. The van der Waals surface area contributed by atoms with Gasteiger partial charge in [0.15, 0.2) is 0 Å². The maximum Gasteiger partial charge on any atom is 0.106 e. The molecule has 3 rings (SSSR count). The molecular weight excluding hydrogens is 246 g/mol. The lowest BCUT2D eigenvalue weighted by Gasteiger charge is -2.33. The number of nitrogens with zero attached hydrogens (tertiary/aromatic N) is 3. The summed E-state index contributed by atoms with van der Waals surface area (Å²) in [5.74, 6) is 1.14. The van der Waals surface area contributed by atoms with E-state index in [0.29, 0.717) is 0 Å². The standard InChI is InChI=1S/C17H25N3/c1-14-8-5-6-11-19(14)12-7-13-20-15(2)18-16-9-3-4-10-17(16)20/h3-4,9-10,14H,5-8,11-13H2,1-2H3/t14-/m1/s1. The smallest absolute Gasteiger partial charge is 0.106 e.